The third kappa shape index (κ3) is 8.46. The summed E-state index contributed by atoms with van der Waals surface area (Å²) in [6.07, 6.45) is 3.36. The molecule has 7 heteroatoms. The molecule has 1 aromatic heterocycles. The van der Waals surface area contributed by atoms with Crippen molar-refractivity contribution in [2.75, 3.05) is 33.4 Å². The van der Waals surface area contributed by atoms with E-state index in [1.807, 2.05) is 36.4 Å². The van der Waals surface area contributed by atoms with Gasteiger partial charge in [-0.2, -0.15) is 0 Å². The fourth-order valence-corrected chi connectivity index (χ4v) is 2.24. The van der Waals surface area contributed by atoms with Crippen LogP contribution in [0.15, 0.2) is 52.1 Å². The Kier molecular flexibility index (Phi) is 11.3. The first-order chi connectivity index (χ1) is 12.3. The van der Waals surface area contributed by atoms with Crippen LogP contribution in [0.2, 0.25) is 0 Å². The Hall–Kier alpha value is -1.90. The lowest BCUT2D eigenvalue weighted by Gasteiger charge is -2.11. The molecule has 0 saturated heterocycles. The van der Waals surface area contributed by atoms with Gasteiger partial charge >= 0.3 is 0 Å². The first kappa shape index (κ1) is 22.1. The van der Waals surface area contributed by atoms with Gasteiger partial charge in [-0.05, 0) is 31.2 Å². The second kappa shape index (κ2) is 13.3. The van der Waals surface area contributed by atoms with E-state index in [-0.39, 0.29) is 24.0 Å². The van der Waals surface area contributed by atoms with Crippen LogP contribution in [0.3, 0.4) is 0 Å². The molecule has 2 rings (SSSR count). The first-order valence-electron chi connectivity index (χ1n) is 8.63. The average molecular weight is 473 g/mol. The van der Waals surface area contributed by atoms with Crippen LogP contribution in [-0.4, -0.2) is 39.3 Å². The molecule has 2 aromatic rings. The van der Waals surface area contributed by atoms with E-state index in [0.717, 1.165) is 49.1 Å². The Labute approximate surface area is 172 Å². The predicted octanol–water partition coefficient (Wildman–Crippen LogP) is 3.47. The molecule has 0 saturated carbocycles. The molecule has 0 aliphatic rings. The number of nitrogens with one attached hydrogen (secondary N) is 2. The van der Waals surface area contributed by atoms with Crippen molar-refractivity contribution in [1.29, 1.82) is 0 Å². The van der Waals surface area contributed by atoms with Gasteiger partial charge in [0.2, 0.25) is 0 Å². The van der Waals surface area contributed by atoms with Crippen molar-refractivity contribution in [2.24, 2.45) is 4.99 Å². The molecule has 0 unspecified atom stereocenters. The van der Waals surface area contributed by atoms with E-state index in [0.29, 0.717) is 13.2 Å². The Bertz CT molecular complexity index is 633. The SMILES string of the molecule is CCNC(=NCCCOc1cccc(OC)c1)NCCc1ccco1.I. The van der Waals surface area contributed by atoms with E-state index in [4.69, 9.17) is 13.9 Å². The van der Waals surface area contributed by atoms with Crippen molar-refractivity contribution in [3.63, 3.8) is 0 Å². The second-order valence-corrected chi connectivity index (χ2v) is 5.40. The third-order valence-electron chi connectivity index (χ3n) is 3.47. The Balaban J connectivity index is 0.00000338. The minimum absolute atomic E-state index is 0. The molecule has 6 nitrogen and oxygen atoms in total. The average Bonchev–Trinajstić information content (AvgIpc) is 3.15. The van der Waals surface area contributed by atoms with E-state index >= 15 is 0 Å². The van der Waals surface area contributed by atoms with Crippen LogP contribution in [0.4, 0.5) is 0 Å². The summed E-state index contributed by atoms with van der Waals surface area (Å²) in [6, 6.07) is 11.5. The Morgan fingerprint density at radius 3 is 2.73 bits per heavy atom. The first-order valence-corrected chi connectivity index (χ1v) is 8.63. The minimum atomic E-state index is 0. The summed E-state index contributed by atoms with van der Waals surface area (Å²) in [6.45, 7) is 4.96. The van der Waals surface area contributed by atoms with E-state index in [2.05, 4.69) is 22.5 Å². The van der Waals surface area contributed by atoms with Crippen molar-refractivity contribution >= 4 is 29.9 Å². The van der Waals surface area contributed by atoms with Crippen LogP contribution in [0.25, 0.3) is 0 Å². The number of benzene rings is 1. The zero-order chi connectivity index (χ0) is 17.7. The van der Waals surface area contributed by atoms with Crippen LogP contribution in [0.5, 0.6) is 11.5 Å². The molecule has 26 heavy (non-hydrogen) atoms. The number of hydrogen-bond acceptors (Lipinski definition) is 4. The summed E-state index contributed by atoms with van der Waals surface area (Å²) in [5, 5.41) is 6.54. The maximum absolute atomic E-state index is 5.72. The van der Waals surface area contributed by atoms with Gasteiger partial charge in [0.05, 0.1) is 20.0 Å². The van der Waals surface area contributed by atoms with Crippen molar-refractivity contribution in [2.45, 2.75) is 19.8 Å². The van der Waals surface area contributed by atoms with Gasteiger partial charge in [0.1, 0.15) is 17.3 Å². The molecule has 0 fully saturated rings. The van der Waals surface area contributed by atoms with Crippen LogP contribution in [-0.2, 0) is 6.42 Å². The molecule has 0 spiro atoms. The quantitative estimate of drug-likeness (QED) is 0.240. The fraction of sp³-hybridized carbons (Fsp3) is 0.421. The number of ether oxygens (including phenoxy) is 2. The van der Waals surface area contributed by atoms with Crippen LogP contribution < -0.4 is 20.1 Å². The molecule has 2 N–H and O–H groups in total. The summed E-state index contributed by atoms with van der Waals surface area (Å²) in [5.41, 5.74) is 0. The highest BCUT2D eigenvalue weighted by molar-refractivity contribution is 14.0. The summed E-state index contributed by atoms with van der Waals surface area (Å²) < 4.78 is 16.2. The third-order valence-corrected chi connectivity index (χ3v) is 3.47. The molecule has 0 amide bonds. The van der Waals surface area contributed by atoms with E-state index in [1.54, 1.807) is 13.4 Å². The number of methoxy groups -OCH3 is 1. The van der Waals surface area contributed by atoms with Gasteiger partial charge in [-0.3, -0.25) is 4.99 Å². The number of rotatable bonds is 10. The van der Waals surface area contributed by atoms with E-state index < -0.39 is 0 Å². The lowest BCUT2D eigenvalue weighted by molar-refractivity contribution is 0.311. The second-order valence-electron chi connectivity index (χ2n) is 5.40. The highest BCUT2D eigenvalue weighted by atomic mass is 127. The summed E-state index contributed by atoms with van der Waals surface area (Å²) in [4.78, 5) is 4.56. The molecule has 1 aromatic carbocycles. The van der Waals surface area contributed by atoms with Gasteiger partial charge in [-0.25, -0.2) is 0 Å². The lowest BCUT2D eigenvalue weighted by Crippen LogP contribution is -2.38. The van der Waals surface area contributed by atoms with Crippen molar-refractivity contribution in [3.05, 3.63) is 48.4 Å². The normalized spacial score (nSPS) is 10.8. The van der Waals surface area contributed by atoms with Gasteiger partial charge in [-0.15, -0.1) is 24.0 Å². The van der Waals surface area contributed by atoms with E-state index in [9.17, 15) is 0 Å². The van der Waals surface area contributed by atoms with Gasteiger partial charge in [0, 0.05) is 38.5 Å². The smallest absolute Gasteiger partial charge is 0.191 e. The molecule has 0 bridgehead atoms. The topological polar surface area (TPSA) is 68.0 Å². The molecule has 0 aliphatic carbocycles. The summed E-state index contributed by atoms with van der Waals surface area (Å²) in [7, 11) is 1.65. The standard InChI is InChI=1S/C19H27N3O3.HI/c1-3-20-19(22-12-10-16-9-5-13-24-16)21-11-6-14-25-18-8-4-7-17(15-18)23-2;/h4-5,7-9,13,15H,3,6,10-12,14H2,1-2H3,(H2,20,21,22);1H. The number of hydrogen-bond donors (Lipinski definition) is 2. The minimum Gasteiger partial charge on any atom is -0.497 e. The number of aliphatic imine (C=N–C) groups is 1. The Morgan fingerprint density at radius 2 is 2.00 bits per heavy atom. The summed E-state index contributed by atoms with van der Waals surface area (Å²) >= 11 is 0. The zero-order valence-corrected chi connectivity index (χ0v) is 17.7. The Morgan fingerprint density at radius 1 is 1.15 bits per heavy atom. The predicted molar refractivity (Wildman–Crippen MR) is 115 cm³/mol. The number of halogens is 1. The molecular formula is C19H28IN3O3. The molecular weight excluding hydrogens is 445 g/mol. The highest BCUT2D eigenvalue weighted by Gasteiger charge is 2.00. The van der Waals surface area contributed by atoms with E-state index in [1.165, 1.54) is 0 Å². The fourth-order valence-electron chi connectivity index (χ4n) is 2.24. The van der Waals surface area contributed by atoms with Gasteiger partial charge < -0.3 is 24.5 Å². The maximum Gasteiger partial charge on any atom is 0.191 e. The van der Waals surface area contributed by atoms with Crippen LogP contribution in [0.1, 0.15) is 19.1 Å². The van der Waals surface area contributed by atoms with Gasteiger partial charge in [0.25, 0.3) is 0 Å². The van der Waals surface area contributed by atoms with Crippen LogP contribution in [0, 0.1) is 0 Å². The monoisotopic (exact) mass is 473 g/mol. The number of nitrogens with zero attached hydrogens (tertiary/aromatic N) is 1. The van der Waals surface area contributed by atoms with Crippen molar-refractivity contribution in [1.82, 2.24) is 10.6 Å². The number of guanidine groups is 1. The molecule has 144 valence electrons. The van der Waals surface area contributed by atoms with Crippen LogP contribution >= 0.6 is 24.0 Å². The lowest BCUT2D eigenvalue weighted by atomic mass is 10.3. The molecule has 0 radical (unpaired) electrons. The summed E-state index contributed by atoms with van der Waals surface area (Å²) in [5.74, 6) is 3.39. The van der Waals surface area contributed by atoms with Crippen molar-refractivity contribution in [3.8, 4) is 11.5 Å². The largest absolute Gasteiger partial charge is 0.497 e. The molecule has 1 heterocycles. The molecule has 0 aliphatic heterocycles. The van der Waals surface area contributed by atoms with Crippen molar-refractivity contribution < 1.29 is 13.9 Å². The zero-order valence-electron chi connectivity index (χ0n) is 15.4. The maximum atomic E-state index is 5.72. The number of furan rings is 1. The van der Waals surface area contributed by atoms with Gasteiger partial charge in [0.15, 0.2) is 5.96 Å². The van der Waals surface area contributed by atoms with Gasteiger partial charge in [-0.1, -0.05) is 6.07 Å². The molecule has 0 atom stereocenters. The highest BCUT2D eigenvalue weighted by Crippen LogP contribution is 2.18.